The van der Waals surface area contributed by atoms with E-state index in [1.165, 1.54) is 0 Å². The molecule has 0 saturated carbocycles. The van der Waals surface area contributed by atoms with Crippen LogP contribution in [0.3, 0.4) is 0 Å². The summed E-state index contributed by atoms with van der Waals surface area (Å²) in [6, 6.07) is 0.286. The van der Waals surface area contributed by atoms with Gasteiger partial charge in [-0.3, -0.25) is 4.79 Å². The number of ether oxygens (including phenoxy) is 1. The van der Waals surface area contributed by atoms with E-state index in [-0.39, 0.29) is 12.5 Å². The fourth-order valence-corrected chi connectivity index (χ4v) is 0.930. The second-order valence-electron chi connectivity index (χ2n) is 2.89. The molecular weight excluding hydrogens is 162 g/mol. The van der Waals surface area contributed by atoms with E-state index in [0.29, 0.717) is 19.8 Å². The lowest BCUT2D eigenvalue weighted by molar-refractivity contribution is -0.139. The van der Waals surface area contributed by atoms with Crippen LogP contribution in [0.25, 0.3) is 0 Å². The van der Waals surface area contributed by atoms with Gasteiger partial charge in [0.05, 0.1) is 31.8 Å². The monoisotopic (exact) mass is 175 g/mol. The van der Waals surface area contributed by atoms with Gasteiger partial charge in [-0.2, -0.15) is 0 Å². The van der Waals surface area contributed by atoms with Gasteiger partial charge >= 0.3 is 5.97 Å². The average Bonchev–Trinajstić information content (AvgIpc) is 1.81. The maximum atomic E-state index is 10.1. The van der Waals surface area contributed by atoms with Crippen molar-refractivity contribution in [2.75, 3.05) is 19.8 Å². The number of hydrogen-bond acceptors (Lipinski definition) is 4. The Hall–Kier alpha value is -0.650. The second kappa shape index (κ2) is 4.39. The summed E-state index contributed by atoms with van der Waals surface area (Å²) >= 11 is 0. The van der Waals surface area contributed by atoms with E-state index in [4.69, 9.17) is 14.9 Å². The van der Waals surface area contributed by atoms with Gasteiger partial charge < -0.3 is 20.3 Å². The molecule has 1 atom stereocenters. The molecule has 1 saturated heterocycles. The van der Waals surface area contributed by atoms with E-state index >= 15 is 0 Å². The molecule has 1 unspecified atom stereocenters. The zero-order valence-electron chi connectivity index (χ0n) is 6.69. The molecule has 0 aromatic rings. The first kappa shape index (κ1) is 9.44. The molecule has 1 heterocycles. The van der Waals surface area contributed by atoms with Crippen LogP contribution in [0.5, 0.6) is 0 Å². The van der Waals surface area contributed by atoms with E-state index in [9.17, 15) is 4.79 Å². The van der Waals surface area contributed by atoms with Crippen molar-refractivity contribution in [1.82, 2.24) is 5.32 Å². The van der Waals surface area contributed by atoms with E-state index in [0.717, 1.165) is 0 Å². The van der Waals surface area contributed by atoms with E-state index in [2.05, 4.69) is 5.32 Å². The molecule has 70 valence electrons. The molecule has 1 rings (SSSR count). The van der Waals surface area contributed by atoms with Crippen LogP contribution in [-0.2, 0) is 9.53 Å². The molecule has 0 bridgehead atoms. The van der Waals surface area contributed by atoms with Gasteiger partial charge in [0.25, 0.3) is 0 Å². The first-order valence-electron chi connectivity index (χ1n) is 3.89. The smallest absolute Gasteiger partial charge is 0.306 e. The Morgan fingerprint density at radius 1 is 1.67 bits per heavy atom. The minimum absolute atomic E-state index is 0.208. The van der Waals surface area contributed by atoms with Crippen molar-refractivity contribution in [3.8, 4) is 0 Å². The first-order valence-corrected chi connectivity index (χ1v) is 3.89. The molecule has 1 aliphatic rings. The van der Waals surface area contributed by atoms with Crippen molar-refractivity contribution in [2.24, 2.45) is 0 Å². The summed E-state index contributed by atoms with van der Waals surface area (Å²) in [4.78, 5) is 10.1. The fraction of sp³-hybridized carbons (Fsp3) is 0.857. The zero-order valence-corrected chi connectivity index (χ0v) is 6.69. The largest absolute Gasteiger partial charge is 0.481 e. The van der Waals surface area contributed by atoms with Crippen LogP contribution in [-0.4, -0.2) is 48.1 Å². The molecule has 0 aromatic carbocycles. The third-order valence-electron chi connectivity index (χ3n) is 1.69. The maximum Gasteiger partial charge on any atom is 0.306 e. The zero-order chi connectivity index (χ0) is 8.97. The van der Waals surface area contributed by atoms with Crippen LogP contribution < -0.4 is 5.32 Å². The van der Waals surface area contributed by atoms with E-state index in [1.807, 2.05) is 0 Å². The van der Waals surface area contributed by atoms with Gasteiger partial charge in [0, 0.05) is 6.54 Å². The summed E-state index contributed by atoms with van der Waals surface area (Å²) in [6.45, 7) is 1.62. The minimum atomic E-state index is -0.978. The molecule has 1 fully saturated rings. The molecule has 0 aromatic heterocycles. The molecule has 3 N–H and O–H groups in total. The summed E-state index contributed by atoms with van der Waals surface area (Å²) in [6.07, 6.45) is -1.01. The van der Waals surface area contributed by atoms with Crippen LogP contribution in [0.2, 0.25) is 0 Å². The van der Waals surface area contributed by atoms with Crippen molar-refractivity contribution in [1.29, 1.82) is 0 Å². The average molecular weight is 175 g/mol. The lowest BCUT2D eigenvalue weighted by Gasteiger charge is -2.27. The molecule has 0 aliphatic carbocycles. The van der Waals surface area contributed by atoms with Crippen LogP contribution in [0.4, 0.5) is 0 Å². The lowest BCUT2D eigenvalue weighted by atomic mass is 10.2. The Morgan fingerprint density at radius 2 is 2.33 bits per heavy atom. The Morgan fingerprint density at radius 3 is 2.75 bits per heavy atom. The van der Waals surface area contributed by atoms with E-state index in [1.54, 1.807) is 0 Å². The number of rotatable bonds is 5. The summed E-state index contributed by atoms with van der Waals surface area (Å²) in [5.41, 5.74) is 0. The number of aliphatic hydroxyl groups excluding tert-OH is 1. The predicted molar refractivity (Wildman–Crippen MR) is 40.9 cm³/mol. The molecular formula is C7H13NO4. The Labute approximate surface area is 70.3 Å². The van der Waals surface area contributed by atoms with Gasteiger partial charge in [0.15, 0.2) is 0 Å². The van der Waals surface area contributed by atoms with Gasteiger partial charge in [0.2, 0.25) is 0 Å². The number of aliphatic carboxylic acids is 1. The van der Waals surface area contributed by atoms with Crippen LogP contribution in [0, 0.1) is 0 Å². The van der Waals surface area contributed by atoms with Gasteiger partial charge in [-0.1, -0.05) is 0 Å². The predicted octanol–water partition coefficient (Wildman–Crippen LogP) is -1.19. The molecule has 5 nitrogen and oxygen atoms in total. The van der Waals surface area contributed by atoms with Crippen molar-refractivity contribution >= 4 is 5.97 Å². The Balaban J connectivity index is 2.00. The van der Waals surface area contributed by atoms with Crippen molar-refractivity contribution in [2.45, 2.75) is 18.6 Å². The summed E-state index contributed by atoms with van der Waals surface area (Å²) in [7, 11) is 0. The van der Waals surface area contributed by atoms with E-state index < -0.39 is 12.1 Å². The second-order valence-corrected chi connectivity index (χ2v) is 2.89. The number of carbonyl (C=O) groups is 1. The number of carboxylic acids is 1. The third kappa shape index (κ3) is 3.17. The molecule has 5 heteroatoms. The number of hydrogen-bond donors (Lipinski definition) is 3. The highest BCUT2D eigenvalue weighted by Crippen LogP contribution is 1.99. The molecule has 1 aliphatic heterocycles. The maximum absolute atomic E-state index is 10.1. The number of nitrogens with one attached hydrogen (secondary N) is 1. The van der Waals surface area contributed by atoms with Crippen LogP contribution >= 0.6 is 0 Å². The normalized spacial score (nSPS) is 20.1. The standard InChI is InChI=1S/C7H13NO4/c9-6(1-7(10)11)2-8-5-3-12-4-5/h5-6,8-9H,1-4H2,(H,10,11). The fourth-order valence-electron chi connectivity index (χ4n) is 0.930. The minimum Gasteiger partial charge on any atom is -0.481 e. The number of aliphatic hydroxyl groups is 1. The molecule has 12 heavy (non-hydrogen) atoms. The van der Waals surface area contributed by atoms with Gasteiger partial charge in [-0.25, -0.2) is 0 Å². The number of carboxylic acid groups (broad SMARTS) is 1. The van der Waals surface area contributed by atoms with Crippen molar-refractivity contribution in [3.05, 3.63) is 0 Å². The summed E-state index contributed by atoms with van der Waals surface area (Å²) in [5.74, 6) is -0.978. The quantitative estimate of drug-likeness (QED) is 0.489. The van der Waals surface area contributed by atoms with Crippen molar-refractivity contribution in [3.63, 3.8) is 0 Å². The van der Waals surface area contributed by atoms with Gasteiger partial charge in [0.1, 0.15) is 0 Å². The SMILES string of the molecule is O=C(O)CC(O)CNC1COC1. The first-order chi connectivity index (χ1) is 5.68. The lowest BCUT2D eigenvalue weighted by Crippen LogP contribution is -2.48. The molecule has 0 radical (unpaired) electrons. The van der Waals surface area contributed by atoms with Crippen LogP contribution in [0.1, 0.15) is 6.42 Å². The molecule has 0 spiro atoms. The van der Waals surface area contributed by atoms with Crippen molar-refractivity contribution < 1.29 is 19.7 Å². The van der Waals surface area contributed by atoms with Crippen LogP contribution in [0.15, 0.2) is 0 Å². The highest BCUT2D eigenvalue weighted by molar-refractivity contribution is 5.67. The topological polar surface area (TPSA) is 78.8 Å². The highest BCUT2D eigenvalue weighted by Gasteiger charge is 2.19. The highest BCUT2D eigenvalue weighted by atomic mass is 16.5. The van der Waals surface area contributed by atoms with Gasteiger partial charge in [-0.05, 0) is 0 Å². The van der Waals surface area contributed by atoms with Gasteiger partial charge in [-0.15, -0.1) is 0 Å². The summed E-state index contributed by atoms with van der Waals surface area (Å²) in [5, 5.41) is 20.4. The Bertz CT molecular complexity index is 157. The molecule has 0 amide bonds. The summed E-state index contributed by atoms with van der Waals surface area (Å²) < 4.78 is 4.89. The third-order valence-corrected chi connectivity index (χ3v) is 1.69. The Kier molecular flexibility index (Phi) is 3.46.